The van der Waals surface area contributed by atoms with Crippen LogP contribution < -0.4 is 10.1 Å². The highest BCUT2D eigenvalue weighted by Gasteiger charge is 2.24. The molecule has 0 spiro atoms. The fourth-order valence-corrected chi connectivity index (χ4v) is 3.26. The number of aryl methyl sites for hydroxylation is 1. The quantitative estimate of drug-likeness (QED) is 0.840. The van der Waals surface area contributed by atoms with Crippen LogP contribution in [0.5, 0.6) is 5.75 Å². The zero-order chi connectivity index (χ0) is 19.2. The molecule has 0 saturated carbocycles. The van der Waals surface area contributed by atoms with Crippen LogP contribution in [-0.2, 0) is 4.79 Å². The number of likely N-dealkylation sites (tertiary alicyclic amines) is 1. The highest BCUT2D eigenvalue weighted by Crippen LogP contribution is 2.21. The number of nitrogens with one attached hydrogen (secondary N) is 1. The number of hydrogen-bond donors (Lipinski definition) is 1. The average Bonchev–Trinajstić information content (AvgIpc) is 3.21. The van der Waals surface area contributed by atoms with E-state index in [1.807, 2.05) is 55.1 Å². The predicted molar refractivity (Wildman–Crippen MR) is 106 cm³/mol. The van der Waals surface area contributed by atoms with Crippen LogP contribution in [0, 0.1) is 6.92 Å². The summed E-state index contributed by atoms with van der Waals surface area (Å²) >= 11 is 0. The fourth-order valence-electron chi connectivity index (χ4n) is 3.26. The molecule has 1 N–H and O–H groups in total. The molecule has 1 aliphatic heterocycles. The third-order valence-corrected chi connectivity index (χ3v) is 4.74. The van der Waals surface area contributed by atoms with Crippen molar-refractivity contribution in [2.75, 3.05) is 18.4 Å². The maximum absolute atomic E-state index is 12.8. The Labute approximate surface area is 160 Å². The van der Waals surface area contributed by atoms with E-state index in [2.05, 4.69) is 5.32 Å². The SMILES string of the molecule is CCC(Oc1cccc(C)c1)C(=O)Nc1ccccc1C(=O)N1CCCC1. The van der Waals surface area contributed by atoms with Gasteiger partial charge in [0.2, 0.25) is 0 Å². The minimum Gasteiger partial charge on any atom is -0.481 e. The van der Waals surface area contributed by atoms with Gasteiger partial charge < -0.3 is 15.0 Å². The van der Waals surface area contributed by atoms with E-state index in [1.54, 1.807) is 12.1 Å². The molecule has 27 heavy (non-hydrogen) atoms. The molecule has 1 saturated heterocycles. The van der Waals surface area contributed by atoms with E-state index < -0.39 is 6.10 Å². The lowest BCUT2D eigenvalue weighted by atomic mass is 10.1. The summed E-state index contributed by atoms with van der Waals surface area (Å²) in [4.78, 5) is 27.4. The molecule has 2 aromatic rings. The summed E-state index contributed by atoms with van der Waals surface area (Å²) in [5, 5.41) is 2.89. The summed E-state index contributed by atoms with van der Waals surface area (Å²) in [7, 11) is 0. The van der Waals surface area contributed by atoms with Gasteiger partial charge in [-0.25, -0.2) is 0 Å². The summed E-state index contributed by atoms with van der Waals surface area (Å²) in [6.07, 6.45) is 1.97. The summed E-state index contributed by atoms with van der Waals surface area (Å²) in [5.74, 6) is 0.384. The van der Waals surface area contributed by atoms with Crippen LogP contribution in [0.25, 0.3) is 0 Å². The second-order valence-corrected chi connectivity index (χ2v) is 6.87. The van der Waals surface area contributed by atoms with Crippen molar-refractivity contribution in [3.8, 4) is 5.75 Å². The Morgan fingerprint density at radius 3 is 2.56 bits per heavy atom. The molecular formula is C22H26N2O3. The van der Waals surface area contributed by atoms with E-state index in [1.165, 1.54) is 0 Å². The van der Waals surface area contributed by atoms with E-state index >= 15 is 0 Å². The molecule has 2 aromatic carbocycles. The van der Waals surface area contributed by atoms with E-state index in [4.69, 9.17) is 4.74 Å². The Morgan fingerprint density at radius 2 is 1.85 bits per heavy atom. The standard InChI is InChI=1S/C22H26N2O3/c1-3-20(27-17-10-8-9-16(2)15-17)21(25)23-19-12-5-4-11-18(19)22(26)24-13-6-7-14-24/h4-5,8-12,15,20H,3,6-7,13-14H2,1-2H3,(H,23,25). The molecule has 1 fully saturated rings. The molecule has 3 rings (SSSR count). The highest BCUT2D eigenvalue weighted by molar-refractivity contribution is 6.04. The molecule has 0 bridgehead atoms. The third kappa shape index (κ3) is 4.67. The molecule has 5 nitrogen and oxygen atoms in total. The van der Waals surface area contributed by atoms with E-state index in [-0.39, 0.29) is 11.8 Å². The van der Waals surface area contributed by atoms with Crippen LogP contribution in [0.2, 0.25) is 0 Å². The first kappa shape index (κ1) is 19.0. The molecule has 0 aromatic heterocycles. The number of anilines is 1. The number of benzene rings is 2. The van der Waals surface area contributed by atoms with Gasteiger partial charge in [-0.05, 0) is 56.0 Å². The molecular weight excluding hydrogens is 340 g/mol. The Morgan fingerprint density at radius 1 is 1.11 bits per heavy atom. The Hall–Kier alpha value is -2.82. The van der Waals surface area contributed by atoms with Gasteiger partial charge in [0.15, 0.2) is 6.10 Å². The molecule has 0 aliphatic carbocycles. The van der Waals surface area contributed by atoms with Crippen molar-refractivity contribution in [3.63, 3.8) is 0 Å². The van der Waals surface area contributed by atoms with Gasteiger partial charge in [-0.15, -0.1) is 0 Å². The van der Waals surface area contributed by atoms with Crippen LogP contribution >= 0.6 is 0 Å². The lowest BCUT2D eigenvalue weighted by Gasteiger charge is -2.20. The lowest BCUT2D eigenvalue weighted by Crippen LogP contribution is -2.34. The van der Waals surface area contributed by atoms with E-state index in [9.17, 15) is 9.59 Å². The van der Waals surface area contributed by atoms with Crippen LogP contribution in [0.1, 0.15) is 42.1 Å². The molecule has 1 heterocycles. The Bertz CT molecular complexity index is 813. The fraction of sp³-hybridized carbons (Fsp3) is 0.364. The second-order valence-electron chi connectivity index (χ2n) is 6.87. The molecule has 1 atom stereocenters. The zero-order valence-electron chi connectivity index (χ0n) is 15.9. The number of hydrogen-bond acceptors (Lipinski definition) is 3. The van der Waals surface area contributed by atoms with Gasteiger partial charge in [-0.2, -0.15) is 0 Å². The predicted octanol–water partition coefficient (Wildman–Crippen LogP) is 4.03. The van der Waals surface area contributed by atoms with Crippen molar-refractivity contribution in [2.24, 2.45) is 0 Å². The largest absolute Gasteiger partial charge is 0.481 e. The van der Waals surface area contributed by atoms with E-state index in [0.29, 0.717) is 23.4 Å². The first-order chi connectivity index (χ1) is 13.1. The number of ether oxygens (including phenoxy) is 1. The van der Waals surface area contributed by atoms with Gasteiger partial charge in [0.05, 0.1) is 11.3 Å². The molecule has 1 unspecified atom stereocenters. The number of nitrogens with zero attached hydrogens (tertiary/aromatic N) is 1. The van der Waals surface area contributed by atoms with Gasteiger partial charge in [-0.3, -0.25) is 9.59 Å². The average molecular weight is 366 g/mol. The number of carbonyl (C=O) groups is 2. The van der Waals surface area contributed by atoms with Crippen molar-refractivity contribution in [1.29, 1.82) is 0 Å². The van der Waals surface area contributed by atoms with Gasteiger partial charge in [-0.1, -0.05) is 31.2 Å². The number of para-hydroxylation sites is 1. The van der Waals surface area contributed by atoms with Gasteiger partial charge >= 0.3 is 0 Å². The number of amides is 2. The molecule has 5 heteroatoms. The maximum Gasteiger partial charge on any atom is 0.265 e. The van der Waals surface area contributed by atoms with Gasteiger partial charge in [0, 0.05) is 13.1 Å². The van der Waals surface area contributed by atoms with E-state index in [0.717, 1.165) is 31.5 Å². The van der Waals surface area contributed by atoms with Crippen molar-refractivity contribution in [2.45, 2.75) is 39.2 Å². The molecule has 2 amide bonds. The Kier molecular flexibility index (Phi) is 6.12. The smallest absolute Gasteiger partial charge is 0.265 e. The Balaban J connectivity index is 1.73. The number of carbonyl (C=O) groups excluding carboxylic acids is 2. The van der Waals surface area contributed by atoms with Crippen LogP contribution in [0.4, 0.5) is 5.69 Å². The minimum atomic E-state index is -0.623. The van der Waals surface area contributed by atoms with Crippen LogP contribution in [0.15, 0.2) is 48.5 Å². The summed E-state index contributed by atoms with van der Waals surface area (Å²) in [6, 6.07) is 14.8. The van der Waals surface area contributed by atoms with Crippen molar-refractivity contribution < 1.29 is 14.3 Å². The van der Waals surface area contributed by atoms with Crippen molar-refractivity contribution in [1.82, 2.24) is 4.90 Å². The highest BCUT2D eigenvalue weighted by atomic mass is 16.5. The zero-order valence-corrected chi connectivity index (χ0v) is 15.9. The van der Waals surface area contributed by atoms with Crippen LogP contribution in [0.3, 0.4) is 0 Å². The van der Waals surface area contributed by atoms with Gasteiger partial charge in [0.25, 0.3) is 11.8 Å². The monoisotopic (exact) mass is 366 g/mol. The third-order valence-electron chi connectivity index (χ3n) is 4.74. The summed E-state index contributed by atoms with van der Waals surface area (Å²) < 4.78 is 5.87. The first-order valence-corrected chi connectivity index (χ1v) is 9.51. The summed E-state index contributed by atoms with van der Waals surface area (Å²) in [6.45, 7) is 5.43. The topological polar surface area (TPSA) is 58.6 Å². The molecule has 0 radical (unpaired) electrons. The number of rotatable bonds is 6. The van der Waals surface area contributed by atoms with Gasteiger partial charge in [0.1, 0.15) is 5.75 Å². The maximum atomic E-state index is 12.8. The molecule has 142 valence electrons. The first-order valence-electron chi connectivity index (χ1n) is 9.51. The minimum absolute atomic E-state index is 0.0314. The van der Waals surface area contributed by atoms with Crippen molar-refractivity contribution in [3.05, 3.63) is 59.7 Å². The van der Waals surface area contributed by atoms with Crippen molar-refractivity contribution >= 4 is 17.5 Å². The lowest BCUT2D eigenvalue weighted by molar-refractivity contribution is -0.122. The normalized spacial score (nSPS) is 14.7. The summed E-state index contributed by atoms with van der Waals surface area (Å²) in [5.41, 5.74) is 2.13. The molecule has 1 aliphatic rings. The van der Waals surface area contributed by atoms with Crippen LogP contribution in [-0.4, -0.2) is 35.9 Å². The second kappa shape index (κ2) is 8.71.